The number of hydrogen-bond donors (Lipinski definition) is 0. The van der Waals surface area contributed by atoms with Gasteiger partial charge in [-0.15, -0.1) is 4.91 Å². The molecule has 0 fully saturated rings. The van der Waals surface area contributed by atoms with Crippen molar-refractivity contribution in [1.29, 1.82) is 0 Å². The number of aryl methyl sites for hydroxylation is 1. The highest BCUT2D eigenvalue weighted by Gasteiger charge is 2.13. The zero-order valence-corrected chi connectivity index (χ0v) is 19.1. The van der Waals surface area contributed by atoms with E-state index in [4.69, 9.17) is 0 Å². The van der Waals surface area contributed by atoms with Gasteiger partial charge in [0.25, 0.3) is 0 Å². The molecule has 0 atom stereocenters. The predicted octanol–water partition coefficient (Wildman–Crippen LogP) is 7.58. The Labute approximate surface area is 180 Å². The van der Waals surface area contributed by atoms with Gasteiger partial charge in [-0.2, -0.15) is 0 Å². The second-order valence-corrected chi connectivity index (χ2v) is 8.96. The molecule has 0 aliphatic heterocycles. The lowest BCUT2D eigenvalue weighted by Gasteiger charge is -2.07. The van der Waals surface area contributed by atoms with Gasteiger partial charge in [-0.05, 0) is 18.4 Å². The zero-order valence-electron chi connectivity index (χ0n) is 18.2. The number of hydrogen-bond acceptors (Lipinski definition) is 3. The van der Waals surface area contributed by atoms with Crippen molar-refractivity contribution < 1.29 is 0 Å². The van der Waals surface area contributed by atoms with Crippen molar-refractivity contribution >= 4 is 11.3 Å². The highest BCUT2D eigenvalue weighted by molar-refractivity contribution is 7.09. The molecule has 0 N–H and O–H groups in total. The number of rotatable bonds is 15. The molecule has 0 bridgehead atoms. The van der Waals surface area contributed by atoms with E-state index < -0.39 is 0 Å². The fourth-order valence-electron chi connectivity index (χ4n) is 3.88. The summed E-state index contributed by atoms with van der Waals surface area (Å²) in [7, 11) is 1.97. The van der Waals surface area contributed by atoms with E-state index in [1.807, 2.05) is 17.7 Å². The molecule has 0 amide bonds. The van der Waals surface area contributed by atoms with Gasteiger partial charge in [0.05, 0.1) is 11.0 Å². The summed E-state index contributed by atoms with van der Waals surface area (Å²) in [5.74, 6) is 0. The van der Waals surface area contributed by atoms with Crippen LogP contribution in [0.2, 0.25) is 0 Å². The Balaban J connectivity index is 1.73. The highest BCUT2D eigenvalue weighted by atomic mass is 32.1. The summed E-state index contributed by atoms with van der Waals surface area (Å²) in [4.78, 5) is 12.6. The Morgan fingerprint density at radius 2 is 1.38 bits per heavy atom. The summed E-state index contributed by atoms with van der Waals surface area (Å²) in [6, 6.07) is 10.4. The largest absolute Gasteiger partial charge is 0.318 e. The van der Waals surface area contributed by atoms with Crippen molar-refractivity contribution in [3.63, 3.8) is 0 Å². The smallest absolute Gasteiger partial charge is 0.214 e. The third-order valence-electron chi connectivity index (χ3n) is 5.53. The molecule has 0 saturated carbocycles. The van der Waals surface area contributed by atoms with Gasteiger partial charge in [-0.3, -0.25) is 0 Å². The Kier molecular flexibility index (Phi) is 11.6. The van der Waals surface area contributed by atoms with E-state index in [2.05, 4.69) is 41.6 Å². The first-order valence-corrected chi connectivity index (χ1v) is 12.2. The Hall–Kier alpha value is -1.75. The van der Waals surface area contributed by atoms with E-state index in [0.717, 1.165) is 6.42 Å². The monoisotopic (exact) mass is 415 g/mol. The van der Waals surface area contributed by atoms with Gasteiger partial charge in [0.2, 0.25) is 4.80 Å². The minimum Gasteiger partial charge on any atom is -0.318 e. The van der Waals surface area contributed by atoms with Crippen molar-refractivity contribution in [2.45, 2.75) is 90.4 Å². The molecule has 0 aliphatic rings. The Morgan fingerprint density at radius 1 is 0.828 bits per heavy atom. The normalized spacial score (nSPS) is 11.9. The number of nitroso groups, excluding NO2 is 1. The van der Waals surface area contributed by atoms with Crippen LogP contribution in [0.1, 0.15) is 88.9 Å². The molecule has 0 unspecified atom stereocenters. The standard InChI is InChI=1S/C24H37N3OS/c1-3-4-5-6-7-8-9-10-11-12-13-17-20-22-23(21-18-15-14-16-19-21)27(2)24(29-22)25-26-28/h14-16,18-19H,3-13,17,20H2,1-2H3/b25-24-. The average molecular weight is 416 g/mol. The molecule has 4 nitrogen and oxygen atoms in total. The first-order chi connectivity index (χ1) is 14.3. The third kappa shape index (κ3) is 8.25. The van der Waals surface area contributed by atoms with Crippen LogP contribution in [-0.2, 0) is 13.5 Å². The Bertz CT molecular complexity index is 764. The topological polar surface area (TPSA) is 46.7 Å². The molecule has 1 heterocycles. The molecule has 160 valence electrons. The maximum absolute atomic E-state index is 10.6. The molecule has 5 heteroatoms. The quantitative estimate of drug-likeness (QED) is 0.168. The average Bonchev–Trinajstić information content (AvgIpc) is 3.05. The molecular weight excluding hydrogens is 378 g/mol. The lowest BCUT2D eigenvalue weighted by atomic mass is 10.0. The van der Waals surface area contributed by atoms with Crippen LogP contribution in [0.4, 0.5) is 0 Å². The summed E-state index contributed by atoms with van der Waals surface area (Å²) in [5, 5.41) is 6.52. The summed E-state index contributed by atoms with van der Waals surface area (Å²) in [5.41, 5.74) is 2.34. The van der Waals surface area contributed by atoms with Crippen LogP contribution >= 0.6 is 11.3 Å². The van der Waals surface area contributed by atoms with Crippen LogP contribution in [0.5, 0.6) is 0 Å². The summed E-state index contributed by atoms with van der Waals surface area (Å²) >= 11 is 1.59. The number of nitrogens with zero attached hydrogens (tertiary/aromatic N) is 3. The van der Waals surface area contributed by atoms with Crippen molar-refractivity contribution in [3.8, 4) is 11.3 Å². The maximum atomic E-state index is 10.6. The molecule has 0 radical (unpaired) electrons. The van der Waals surface area contributed by atoms with E-state index in [1.54, 1.807) is 11.3 Å². The molecule has 1 aromatic heterocycles. The number of unbranched alkanes of at least 4 members (excludes halogenated alkanes) is 11. The molecule has 29 heavy (non-hydrogen) atoms. The van der Waals surface area contributed by atoms with Gasteiger partial charge in [0, 0.05) is 11.9 Å². The zero-order chi connectivity index (χ0) is 20.7. The lowest BCUT2D eigenvalue weighted by Crippen LogP contribution is -2.10. The van der Waals surface area contributed by atoms with Gasteiger partial charge in [-0.25, -0.2) is 0 Å². The van der Waals surface area contributed by atoms with Crippen molar-refractivity contribution in [3.05, 3.63) is 44.9 Å². The van der Waals surface area contributed by atoms with Gasteiger partial charge < -0.3 is 4.57 Å². The Morgan fingerprint density at radius 3 is 1.93 bits per heavy atom. The van der Waals surface area contributed by atoms with E-state index in [0.29, 0.717) is 4.80 Å². The molecule has 2 aromatic rings. The van der Waals surface area contributed by atoms with Gasteiger partial charge in [0.1, 0.15) is 0 Å². The number of thiazole rings is 1. The fourth-order valence-corrected chi connectivity index (χ4v) is 5.00. The van der Waals surface area contributed by atoms with Gasteiger partial charge in [0.15, 0.2) is 0 Å². The molecule has 2 rings (SSSR count). The van der Waals surface area contributed by atoms with E-state index in [1.165, 1.54) is 93.2 Å². The minimum atomic E-state index is 0.674. The van der Waals surface area contributed by atoms with Crippen LogP contribution in [0.15, 0.2) is 40.7 Å². The molecular formula is C24H37N3OS. The molecule has 0 aliphatic carbocycles. The lowest BCUT2D eigenvalue weighted by molar-refractivity contribution is 0.544. The molecule has 0 spiro atoms. The first-order valence-electron chi connectivity index (χ1n) is 11.4. The third-order valence-corrected chi connectivity index (χ3v) is 6.71. The summed E-state index contributed by atoms with van der Waals surface area (Å²) in [6.07, 6.45) is 17.3. The van der Waals surface area contributed by atoms with Crippen LogP contribution < -0.4 is 4.80 Å². The fraction of sp³-hybridized carbons (Fsp3) is 0.625. The van der Waals surface area contributed by atoms with Crippen molar-refractivity contribution in [2.24, 2.45) is 17.4 Å². The van der Waals surface area contributed by atoms with Gasteiger partial charge >= 0.3 is 0 Å². The second-order valence-electron chi connectivity index (χ2n) is 7.90. The van der Waals surface area contributed by atoms with E-state index in [9.17, 15) is 4.91 Å². The maximum Gasteiger partial charge on any atom is 0.214 e. The molecule has 1 aromatic carbocycles. The summed E-state index contributed by atoms with van der Waals surface area (Å²) < 4.78 is 2.00. The number of aromatic nitrogens is 1. The number of benzene rings is 1. The second kappa shape index (κ2) is 14.3. The van der Waals surface area contributed by atoms with Crippen molar-refractivity contribution in [2.75, 3.05) is 0 Å². The van der Waals surface area contributed by atoms with Gasteiger partial charge in [-0.1, -0.05) is 124 Å². The van der Waals surface area contributed by atoms with E-state index in [-0.39, 0.29) is 0 Å². The SMILES string of the molecule is CCCCCCCCCCCCCCc1s/c(=N\N=O)n(C)c1-c1ccccc1. The summed E-state index contributed by atoms with van der Waals surface area (Å²) in [6.45, 7) is 2.28. The van der Waals surface area contributed by atoms with Crippen LogP contribution in [0.3, 0.4) is 0 Å². The predicted molar refractivity (Wildman–Crippen MR) is 125 cm³/mol. The van der Waals surface area contributed by atoms with E-state index >= 15 is 0 Å². The van der Waals surface area contributed by atoms with Crippen molar-refractivity contribution in [1.82, 2.24) is 4.57 Å². The molecule has 0 saturated heterocycles. The van der Waals surface area contributed by atoms with Crippen LogP contribution in [0, 0.1) is 4.91 Å². The minimum absolute atomic E-state index is 0.674. The van der Waals surface area contributed by atoms with Crippen LogP contribution in [0.25, 0.3) is 11.3 Å². The highest BCUT2D eigenvalue weighted by Crippen LogP contribution is 2.27. The first kappa shape index (κ1) is 23.5. The van der Waals surface area contributed by atoms with Crippen LogP contribution in [-0.4, -0.2) is 4.57 Å².